The minimum Gasteiger partial charge on any atom is -0.368 e. The maximum atomic E-state index is 13.2. The predicted octanol–water partition coefficient (Wildman–Crippen LogP) is 2.81. The van der Waals surface area contributed by atoms with E-state index in [2.05, 4.69) is 15.3 Å². The molecule has 1 aromatic carbocycles. The highest BCUT2D eigenvalue weighted by molar-refractivity contribution is 6.33. The van der Waals surface area contributed by atoms with Crippen molar-refractivity contribution in [2.24, 2.45) is 0 Å². The van der Waals surface area contributed by atoms with E-state index < -0.39 is 10.7 Å². The molecule has 0 atom stereocenters. The molecule has 3 N–H and O–H groups in total. The maximum Gasteiger partial charge on any atom is 0.332 e. The number of hydrogen-bond acceptors (Lipinski definition) is 6. The number of aromatic nitrogens is 2. The molecule has 0 aliphatic heterocycles. The Morgan fingerprint density at radius 2 is 2.15 bits per heavy atom. The van der Waals surface area contributed by atoms with Crippen LogP contribution in [0.2, 0.25) is 5.02 Å². The lowest BCUT2D eigenvalue weighted by molar-refractivity contribution is -0.385. The molecule has 2 rings (SSSR count). The molecule has 0 saturated heterocycles. The summed E-state index contributed by atoms with van der Waals surface area (Å²) in [7, 11) is 0. The van der Waals surface area contributed by atoms with Gasteiger partial charge < -0.3 is 11.1 Å². The monoisotopic (exact) mass is 297 g/mol. The summed E-state index contributed by atoms with van der Waals surface area (Å²) in [5.74, 6) is -0.825. The van der Waals surface area contributed by atoms with E-state index >= 15 is 0 Å². The number of halogens is 2. The van der Waals surface area contributed by atoms with Crippen LogP contribution in [0.4, 0.5) is 27.5 Å². The van der Waals surface area contributed by atoms with Gasteiger partial charge in [0.25, 0.3) is 0 Å². The fraction of sp³-hybridized carbons (Fsp3) is 0.0909. The van der Waals surface area contributed by atoms with E-state index in [0.717, 1.165) is 6.07 Å². The summed E-state index contributed by atoms with van der Waals surface area (Å²) in [6.45, 7) is 1.43. The minimum atomic E-state index is -0.649. The highest BCUT2D eigenvalue weighted by Gasteiger charge is 2.22. The Morgan fingerprint density at radius 1 is 1.45 bits per heavy atom. The van der Waals surface area contributed by atoms with Gasteiger partial charge in [0, 0.05) is 0 Å². The van der Waals surface area contributed by atoms with Crippen LogP contribution in [-0.4, -0.2) is 14.9 Å². The number of benzene rings is 1. The highest BCUT2D eigenvalue weighted by Crippen LogP contribution is 2.31. The van der Waals surface area contributed by atoms with Crippen LogP contribution in [0.3, 0.4) is 0 Å². The number of anilines is 3. The Balaban J connectivity index is 2.53. The average molecular weight is 298 g/mol. The van der Waals surface area contributed by atoms with Crippen molar-refractivity contribution < 1.29 is 9.31 Å². The number of nitro groups is 1. The van der Waals surface area contributed by atoms with Crippen LogP contribution >= 0.6 is 11.6 Å². The number of aryl methyl sites for hydroxylation is 1. The van der Waals surface area contributed by atoms with Crippen molar-refractivity contribution in [2.45, 2.75) is 6.92 Å². The minimum absolute atomic E-state index is 0.0949. The molecular weight excluding hydrogens is 289 g/mol. The van der Waals surface area contributed by atoms with Crippen molar-refractivity contribution in [1.82, 2.24) is 9.97 Å². The van der Waals surface area contributed by atoms with Gasteiger partial charge in [0.15, 0.2) is 0 Å². The van der Waals surface area contributed by atoms with Crippen LogP contribution in [0.25, 0.3) is 0 Å². The lowest BCUT2D eigenvalue weighted by Gasteiger charge is -2.09. The first-order valence-electron chi connectivity index (χ1n) is 5.39. The van der Waals surface area contributed by atoms with Crippen LogP contribution in [-0.2, 0) is 0 Å². The SMILES string of the molecule is Cc1nc(N)nc(Nc2cc(F)ccc2Cl)c1[N+](=O)[O-]. The van der Waals surface area contributed by atoms with E-state index in [-0.39, 0.29) is 33.9 Å². The van der Waals surface area contributed by atoms with Gasteiger partial charge in [0.1, 0.15) is 11.5 Å². The highest BCUT2D eigenvalue weighted by atomic mass is 35.5. The molecule has 0 aliphatic rings. The molecule has 0 fully saturated rings. The van der Waals surface area contributed by atoms with Crippen molar-refractivity contribution >= 4 is 34.7 Å². The van der Waals surface area contributed by atoms with Crippen molar-refractivity contribution in [3.8, 4) is 0 Å². The van der Waals surface area contributed by atoms with Crippen LogP contribution in [0.1, 0.15) is 5.69 Å². The first kappa shape index (κ1) is 13.9. The van der Waals surface area contributed by atoms with Crippen molar-refractivity contribution in [1.29, 1.82) is 0 Å². The average Bonchev–Trinajstić information content (AvgIpc) is 2.32. The summed E-state index contributed by atoms with van der Waals surface area (Å²) in [5, 5.41) is 13.8. The zero-order chi connectivity index (χ0) is 14.9. The summed E-state index contributed by atoms with van der Waals surface area (Å²) in [4.78, 5) is 17.9. The number of nitrogens with two attached hydrogens (primary N) is 1. The van der Waals surface area contributed by atoms with Gasteiger partial charge in [-0.1, -0.05) is 11.6 Å². The standard InChI is InChI=1S/C11H9ClFN5O2/c1-5-9(18(19)20)10(17-11(14)15-5)16-8-4-6(13)2-3-7(8)12/h2-4H,1H3,(H3,14,15,16,17). The van der Waals surface area contributed by atoms with Gasteiger partial charge in [0.05, 0.1) is 15.6 Å². The van der Waals surface area contributed by atoms with E-state index in [1.807, 2.05) is 0 Å². The van der Waals surface area contributed by atoms with E-state index in [9.17, 15) is 14.5 Å². The van der Waals surface area contributed by atoms with Gasteiger partial charge in [-0.2, -0.15) is 4.98 Å². The normalized spacial score (nSPS) is 10.3. The third kappa shape index (κ3) is 2.75. The summed E-state index contributed by atoms with van der Waals surface area (Å²) >= 11 is 5.88. The van der Waals surface area contributed by atoms with Crippen LogP contribution in [0.5, 0.6) is 0 Å². The van der Waals surface area contributed by atoms with Crippen LogP contribution in [0, 0.1) is 22.9 Å². The lowest BCUT2D eigenvalue weighted by atomic mass is 10.3. The van der Waals surface area contributed by atoms with Crippen molar-refractivity contribution in [3.05, 3.63) is 44.8 Å². The molecule has 0 saturated carbocycles. The van der Waals surface area contributed by atoms with Gasteiger partial charge in [-0.3, -0.25) is 10.1 Å². The van der Waals surface area contributed by atoms with E-state index in [0.29, 0.717) is 0 Å². The van der Waals surface area contributed by atoms with Crippen molar-refractivity contribution in [2.75, 3.05) is 11.1 Å². The van der Waals surface area contributed by atoms with Gasteiger partial charge in [-0.15, -0.1) is 0 Å². The van der Waals surface area contributed by atoms with Crippen LogP contribution < -0.4 is 11.1 Å². The molecule has 20 heavy (non-hydrogen) atoms. The van der Waals surface area contributed by atoms with Crippen LogP contribution in [0.15, 0.2) is 18.2 Å². The number of hydrogen-bond donors (Lipinski definition) is 2. The van der Waals surface area contributed by atoms with Gasteiger partial charge in [-0.05, 0) is 25.1 Å². The summed E-state index contributed by atoms with van der Waals surface area (Å²) in [5.41, 5.74) is 5.35. The molecule has 0 spiro atoms. The Kier molecular flexibility index (Phi) is 3.66. The van der Waals surface area contributed by atoms with E-state index in [1.165, 1.54) is 19.1 Å². The number of nitrogen functional groups attached to an aromatic ring is 1. The van der Waals surface area contributed by atoms with Crippen molar-refractivity contribution in [3.63, 3.8) is 0 Å². The first-order chi connectivity index (χ1) is 9.38. The molecular formula is C11H9ClFN5O2. The molecule has 0 unspecified atom stereocenters. The largest absolute Gasteiger partial charge is 0.368 e. The quantitative estimate of drug-likeness (QED) is 0.666. The molecule has 2 aromatic rings. The van der Waals surface area contributed by atoms with E-state index in [4.69, 9.17) is 17.3 Å². The number of nitrogens with one attached hydrogen (secondary N) is 1. The summed E-state index contributed by atoms with van der Waals surface area (Å²) < 4.78 is 13.2. The number of rotatable bonds is 3. The molecule has 0 bridgehead atoms. The number of nitrogens with zero attached hydrogens (tertiary/aromatic N) is 3. The zero-order valence-corrected chi connectivity index (χ0v) is 11.0. The van der Waals surface area contributed by atoms with Gasteiger partial charge in [-0.25, -0.2) is 9.37 Å². The predicted molar refractivity (Wildman–Crippen MR) is 72.5 cm³/mol. The second-order valence-electron chi connectivity index (χ2n) is 3.87. The molecule has 0 radical (unpaired) electrons. The Morgan fingerprint density at radius 3 is 2.80 bits per heavy atom. The maximum absolute atomic E-state index is 13.2. The molecule has 9 heteroatoms. The fourth-order valence-corrected chi connectivity index (χ4v) is 1.78. The second-order valence-corrected chi connectivity index (χ2v) is 4.28. The van der Waals surface area contributed by atoms with Gasteiger partial charge in [0.2, 0.25) is 11.8 Å². The molecule has 7 nitrogen and oxygen atoms in total. The second kappa shape index (κ2) is 5.25. The molecule has 104 valence electrons. The molecule has 1 heterocycles. The Bertz CT molecular complexity index is 695. The fourth-order valence-electron chi connectivity index (χ4n) is 1.62. The Hall–Kier alpha value is -2.48. The lowest BCUT2D eigenvalue weighted by Crippen LogP contribution is -2.07. The Labute approximate surface area is 117 Å². The smallest absolute Gasteiger partial charge is 0.332 e. The van der Waals surface area contributed by atoms with Gasteiger partial charge >= 0.3 is 5.69 Å². The third-order valence-corrected chi connectivity index (χ3v) is 2.77. The molecule has 0 amide bonds. The summed E-state index contributed by atoms with van der Waals surface area (Å²) in [6.07, 6.45) is 0. The zero-order valence-electron chi connectivity index (χ0n) is 10.2. The third-order valence-electron chi connectivity index (χ3n) is 2.44. The molecule has 0 aliphatic carbocycles. The molecule has 1 aromatic heterocycles. The van der Waals surface area contributed by atoms with E-state index in [1.54, 1.807) is 0 Å². The topological polar surface area (TPSA) is 107 Å². The first-order valence-corrected chi connectivity index (χ1v) is 5.77. The summed E-state index contributed by atoms with van der Waals surface area (Å²) in [6, 6.07) is 3.59.